The number of sulfonamides is 1. The Labute approximate surface area is 128 Å². The average molecular weight is 330 g/mol. The van der Waals surface area contributed by atoms with Crippen LogP contribution in [0, 0.1) is 6.92 Å². The predicted octanol–water partition coefficient (Wildman–Crippen LogP) is 1.74. The second-order valence-corrected chi connectivity index (χ2v) is 6.55. The van der Waals surface area contributed by atoms with Crippen molar-refractivity contribution < 1.29 is 13.2 Å². The van der Waals surface area contributed by atoms with E-state index in [9.17, 15) is 8.42 Å². The summed E-state index contributed by atoms with van der Waals surface area (Å²) in [5.41, 5.74) is 1.13. The zero-order chi connectivity index (χ0) is 15.5. The summed E-state index contributed by atoms with van der Waals surface area (Å²) in [5.74, 6) is 0.690. The van der Waals surface area contributed by atoms with Gasteiger partial charge in [0.15, 0.2) is 0 Å². The van der Waals surface area contributed by atoms with Crippen molar-refractivity contribution in [1.82, 2.24) is 14.3 Å². The van der Waals surface area contributed by atoms with E-state index >= 15 is 0 Å². The molecular weight excluding hydrogens is 314 g/mol. The molecule has 21 heavy (non-hydrogen) atoms. The topological polar surface area (TPSA) is 73.2 Å². The van der Waals surface area contributed by atoms with E-state index in [1.54, 1.807) is 7.05 Å². The number of hydrogen-bond acceptors (Lipinski definition) is 4. The van der Waals surface area contributed by atoms with Crippen LogP contribution in [0.2, 0.25) is 5.15 Å². The van der Waals surface area contributed by atoms with Crippen molar-refractivity contribution in [1.29, 1.82) is 0 Å². The smallest absolute Gasteiger partial charge is 0.261 e. The predicted molar refractivity (Wildman–Crippen MR) is 80.1 cm³/mol. The van der Waals surface area contributed by atoms with E-state index in [1.807, 2.05) is 31.2 Å². The molecule has 0 unspecified atom stereocenters. The number of nitrogens with one attached hydrogen (secondary N) is 1. The van der Waals surface area contributed by atoms with E-state index in [-0.39, 0.29) is 23.3 Å². The van der Waals surface area contributed by atoms with Crippen molar-refractivity contribution in [3.63, 3.8) is 0 Å². The monoisotopic (exact) mass is 329 g/mol. The molecule has 0 saturated heterocycles. The van der Waals surface area contributed by atoms with E-state index in [4.69, 9.17) is 16.3 Å². The molecule has 0 bridgehead atoms. The van der Waals surface area contributed by atoms with E-state index < -0.39 is 10.0 Å². The molecule has 2 aromatic rings. The Morgan fingerprint density at radius 1 is 1.33 bits per heavy atom. The fourth-order valence-electron chi connectivity index (χ4n) is 1.62. The van der Waals surface area contributed by atoms with Crippen LogP contribution in [0.1, 0.15) is 5.56 Å². The Morgan fingerprint density at radius 2 is 2.00 bits per heavy atom. The van der Waals surface area contributed by atoms with Gasteiger partial charge < -0.3 is 9.30 Å². The number of hydrogen-bond donors (Lipinski definition) is 1. The Hall–Kier alpha value is -1.57. The van der Waals surface area contributed by atoms with Gasteiger partial charge in [-0.05, 0) is 19.1 Å². The molecule has 114 valence electrons. The Kier molecular flexibility index (Phi) is 4.87. The summed E-state index contributed by atoms with van der Waals surface area (Å²) in [6.07, 6.45) is 1.35. The van der Waals surface area contributed by atoms with E-state index in [0.29, 0.717) is 5.75 Å². The molecule has 8 heteroatoms. The van der Waals surface area contributed by atoms with Gasteiger partial charge in [-0.1, -0.05) is 29.3 Å². The maximum absolute atomic E-state index is 12.0. The van der Waals surface area contributed by atoms with Crippen LogP contribution >= 0.6 is 11.6 Å². The maximum atomic E-state index is 12.0. The fraction of sp³-hybridized carbons (Fsp3) is 0.308. The molecule has 0 atom stereocenters. The summed E-state index contributed by atoms with van der Waals surface area (Å²) in [6.45, 7) is 2.32. The molecule has 0 amide bonds. The first-order chi connectivity index (χ1) is 9.90. The minimum Gasteiger partial charge on any atom is -0.492 e. The average Bonchev–Trinajstić information content (AvgIpc) is 2.78. The summed E-state index contributed by atoms with van der Waals surface area (Å²) < 4.78 is 33.3. The highest BCUT2D eigenvalue weighted by Gasteiger charge is 2.21. The van der Waals surface area contributed by atoms with Crippen LogP contribution in [0.15, 0.2) is 35.6 Å². The summed E-state index contributed by atoms with van der Waals surface area (Å²) in [6, 6.07) is 7.51. The molecule has 0 aliphatic carbocycles. The van der Waals surface area contributed by atoms with Crippen LogP contribution in [0.5, 0.6) is 5.75 Å². The van der Waals surface area contributed by atoms with E-state index in [2.05, 4.69) is 9.71 Å². The number of rotatable bonds is 6. The van der Waals surface area contributed by atoms with Gasteiger partial charge in [-0.2, -0.15) is 0 Å². The van der Waals surface area contributed by atoms with Crippen molar-refractivity contribution in [2.45, 2.75) is 11.9 Å². The summed E-state index contributed by atoms with van der Waals surface area (Å²) in [5, 5.41) is -0.107. The zero-order valence-electron chi connectivity index (χ0n) is 11.7. The maximum Gasteiger partial charge on any atom is 0.261 e. The molecule has 1 aromatic carbocycles. The number of halogens is 1. The third-order valence-electron chi connectivity index (χ3n) is 2.77. The normalized spacial score (nSPS) is 11.6. The lowest BCUT2D eigenvalue weighted by Gasteiger charge is -2.08. The molecule has 1 N–H and O–H groups in total. The molecule has 2 rings (SSSR count). The van der Waals surface area contributed by atoms with Crippen LogP contribution in [-0.4, -0.2) is 31.1 Å². The fourth-order valence-corrected chi connectivity index (χ4v) is 3.06. The third-order valence-corrected chi connectivity index (χ3v) is 4.72. The third kappa shape index (κ3) is 3.96. The minimum atomic E-state index is -3.73. The molecule has 0 aliphatic rings. The first-order valence-corrected chi connectivity index (χ1v) is 8.12. The highest BCUT2D eigenvalue weighted by atomic mass is 35.5. The number of aromatic nitrogens is 2. The molecule has 0 radical (unpaired) electrons. The molecule has 1 aromatic heterocycles. The quantitative estimate of drug-likeness (QED) is 0.819. The van der Waals surface area contributed by atoms with E-state index in [0.717, 1.165) is 5.56 Å². The second kappa shape index (κ2) is 6.46. The van der Waals surface area contributed by atoms with Crippen LogP contribution in [0.25, 0.3) is 0 Å². The lowest BCUT2D eigenvalue weighted by Crippen LogP contribution is -2.28. The second-order valence-electron chi connectivity index (χ2n) is 4.51. The van der Waals surface area contributed by atoms with Gasteiger partial charge in [0.25, 0.3) is 10.0 Å². The lowest BCUT2D eigenvalue weighted by atomic mass is 10.2. The minimum absolute atomic E-state index is 0.0713. The van der Waals surface area contributed by atoms with Gasteiger partial charge in [0.05, 0.1) is 6.33 Å². The molecule has 0 aliphatic heterocycles. The molecule has 0 spiro atoms. The Bertz CT molecular complexity index is 711. The van der Waals surface area contributed by atoms with Gasteiger partial charge in [-0.25, -0.2) is 18.1 Å². The van der Waals surface area contributed by atoms with Gasteiger partial charge in [-0.15, -0.1) is 0 Å². The largest absolute Gasteiger partial charge is 0.492 e. The summed E-state index contributed by atoms with van der Waals surface area (Å²) in [7, 11) is -2.11. The summed E-state index contributed by atoms with van der Waals surface area (Å²) >= 11 is 5.87. The van der Waals surface area contributed by atoms with Gasteiger partial charge in [0.1, 0.15) is 17.5 Å². The van der Waals surface area contributed by atoms with Crippen LogP contribution < -0.4 is 9.46 Å². The number of ether oxygens (including phenoxy) is 1. The van der Waals surface area contributed by atoms with Crippen molar-refractivity contribution in [3.8, 4) is 5.75 Å². The number of imidazole rings is 1. The van der Waals surface area contributed by atoms with Crippen molar-refractivity contribution >= 4 is 21.6 Å². The first-order valence-electron chi connectivity index (χ1n) is 6.26. The van der Waals surface area contributed by atoms with Gasteiger partial charge in [-0.3, -0.25) is 0 Å². The van der Waals surface area contributed by atoms with Gasteiger partial charge in [0, 0.05) is 13.6 Å². The van der Waals surface area contributed by atoms with Crippen LogP contribution in [0.3, 0.4) is 0 Å². The van der Waals surface area contributed by atoms with Crippen molar-refractivity contribution in [2.24, 2.45) is 7.05 Å². The zero-order valence-corrected chi connectivity index (χ0v) is 13.3. The standard InChI is InChI=1S/C13H16ClN3O3S/c1-10-3-5-11(6-4-10)20-8-7-16-21(18,19)13-12(14)17(2)9-15-13/h3-6,9,16H,7-8H2,1-2H3. The molecule has 1 heterocycles. The first kappa shape index (κ1) is 15.8. The van der Waals surface area contributed by atoms with Crippen LogP contribution in [0.4, 0.5) is 0 Å². The molecule has 6 nitrogen and oxygen atoms in total. The number of aryl methyl sites for hydroxylation is 2. The lowest BCUT2D eigenvalue weighted by molar-refractivity contribution is 0.322. The highest BCUT2D eigenvalue weighted by Crippen LogP contribution is 2.18. The SMILES string of the molecule is Cc1ccc(OCCNS(=O)(=O)c2ncn(C)c2Cl)cc1. The molecular formula is C13H16ClN3O3S. The van der Waals surface area contributed by atoms with Crippen molar-refractivity contribution in [2.75, 3.05) is 13.2 Å². The van der Waals surface area contributed by atoms with E-state index in [1.165, 1.54) is 10.9 Å². The van der Waals surface area contributed by atoms with Crippen molar-refractivity contribution in [3.05, 3.63) is 41.3 Å². The summed E-state index contributed by atoms with van der Waals surface area (Å²) in [4.78, 5) is 3.77. The van der Waals surface area contributed by atoms with Crippen LogP contribution in [-0.2, 0) is 17.1 Å². The molecule has 0 saturated carbocycles. The highest BCUT2D eigenvalue weighted by molar-refractivity contribution is 7.89. The number of nitrogens with zero attached hydrogens (tertiary/aromatic N) is 2. The Morgan fingerprint density at radius 3 is 2.57 bits per heavy atom. The van der Waals surface area contributed by atoms with Gasteiger partial charge >= 0.3 is 0 Å². The molecule has 0 fully saturated rings. The Balaban J connectivity index is 1.88. The number of benzene rings is 1. The van der Waals surface area contributed by atoms with Gasteiger partial charge in [0.2, 0.25) is 5.03 Å².